The predicted molar refractivity (Wildman–Crippen MR) is 54.3 cm³/mol. The first kappa shape index (κ1) is 10.7. The van der Waals surface area contributed by atoms with Gasteiger partial charge in [-0.3, -0.25) is 0 Å². The lowest BCUT2D eigenvalue weighted by Crippen LogP contribution is -2.32. The Morgan fingerprint density at radius 3 is 2.80 bits per heavy atom. The van der Waals surface area contributed by atoms with E-state index in [0.717, 1.165) is 0 Å². The number of sulfone groups is 1. The SMILES string of the molecule is CC1(CC2CCS(=O)(=O)C2)CNC(=O)O1. The second-order valence-electron chi connectivity index (χ2n) is 4.67. The number of ether oxygens (including phenoxy) is 1. The van der Waals surface area contributed by atoms with E-state index in [0.29, 0.717) is 19.4 Å². The number of hydrogen-bond acceptors (Lipinski definition) is 4. The molecular weight excluding hydrogens is 218 g/mol. The van der Waals surface area contributed by atoms with Gasteiger partial charge in [0.15, 0.2) is 9.84 Å². The van der Waals surface area contributed by atoms with Gasteiger partial charge >= 0.3 is 6.09 Å². The number of nitrogens with one attached hydrogen (secondary N) is 1. The maximum Gasteiger partial charge on any atom is 0.407 e. The van der Waals surface area contributed by atoms with Crippen LogP contribution >= 0.6 is 0 Å². The van der Waals surface area contributed by atoms with Crippen LogP contribution in [-0.4, -0.2) is 38.2 Å². The maximum absolute atomic E-state index is 11.3. The van der Waals surface area contributed by atoms with Crippen molar-refractivity contribution < 1.29 is 17.9 Å². The van der Waals surface area contributed by atoms with E-state index in [1.807, 2.05) is 6.92 Å². The Hall–Kier alpha value is -0.780. The zero-order chi connectivity index (χ0) is 11.1. The molecule has 2 aliphatic heterocycles. The molecule has 15 heavy (non-hydrogen) atoms. The Labute approximate surface area is 89.1 Å². The molecule has 0 radical (unpaired) electrons. The van der Waals surface area contributed by atoms with Gasteiger partial charge in [0.2, 0.25) is 0 Å². The van der Waals surface area contributed by atoms with Crippen molar-refractivity contribution in [3.8, 4) is 0 Å². The molecule has 0 bridgehead atoms. The molecule has 2 fully saturated rings. The molecule has 1 amide bonds. The fourth-order valence-corrected chi connectivity index (χ4v) is 4.17. The molecule has 0 aromatic heterocycles. The minimum absolute atomic E-state index is 0.132. The molecule has 0 aromatic rings. The maximum atomic E-state index is 11.3. The van der Waals surface area contributed by atoms with Gasteiger partial charge in [0.1, 0.15) is 5.60 Å². The minimum atomic E-state index is -2.84. The third-order valence-corrected chi connectivity index (χ3v) is 4.83. The van der Waals surface area contributed by atoms with E-state index in [9.17, 15) is 13.2 Å². The summed E-state index contributed by atoms with van der Waals surface area (Å²) in [7, 11) is -2.84. The molecule has 0 aromatic carbocycles. The highest BCUT2D eigenvalue weighted by Gasteiger charge is 2.40. The number of rotatable bonds is 2. The Kier molecular flexibility index (Phi) is 2.41. The Bertz CT molecular complexity index is 378. The molecule has 0 spiro atoms. The fourth-order valence-electron chi connectivity index (χ4n) is 2.31. The van der Waals surface area contributed by atoms with Crippen molar-refractivity contribution in [3.63, 3.8) is 0 Å². The van der Waals surface area contributed by atoms with Crippen LogP contribution in [0.2, 0.25) is 0 Å². The first-order valence-electron chi connectivity index (χ1n) is 5.06. The summed E-state index contributed by atoms with van der Waals surface area (Å²) >= 11 is 0. The van der Waals surface area contributed by atoms with Gasteiger partial charge in [-0.2, -0.15) is 0 Å². The first-order chi connectivity index (χ1) is 6.89. The van der Waals surface area contributed by atoms with Gasteiger partial charge in [0, 0.05) is 0 Å². The second kappa shape index (κ2) is 3.37. The van der Waals surface area contributed by atoms with Gasteiger partial charge < -0.3 is 10.1 Å². The molecule has 1 N–H and O–H groups in total. The second-order valence-corrected chi connectivity index (χ2v) is 6.89. The van der Waals surface area contributed by atoms with Crippen LogP contribution in [0.3, 0.4) is 0 Å². The van der Waals surface area contributed by atoms with Crippen LogP contribution < -0.4 is 5.32 Å². The van der Waals surface area contributed by atoms with E-state index in [-0.39, 0.29) is 17.4 Å². The van der Waals surface area contributed by atoms with Crippen molar-refractivity contribution >= 4 is 15.9 Å². The van der Waals surface area contributed by atoms with Crippen molar-refractivity contribution in [2.75, 3.05) is 18.1 Å². The molecule has 86 valence electrons. The summed E-state index contributed by atoms with van der Waals surface area (Å²) in [6.45, 7) is 2.32. The largest absolute Gasteiger partial charge is 0.441 e. The molecule has 2 atom stereocenters. The summed E-state index contributed by atoms with van der Waals surface area (Å²) in [6, 6.07) is 0. The average Bonchev–Trinajstić information content (AvgIpc) is 2.56. The zero-order valence-electron chi connectivity index (χ0n) is 8.65. The minimum Gasteiger partial charge on any atom is -0.441 e. The molecule has 0 saturated carbocycles. The number of carbonyl (C=O) groups is 1. The monoisotopic (exact) mass is 233 g/mol. The number of cyclic esters (lactones) is 1. The Morgan fingerprint density at radius 1 is 1.60 bits per heavy atom. The van der Waals surface area contributed by atoms with Crippen LogP contribution in [0.1, 0.15) is 19.8 Å². The molecule has 2 heterocycles. The highest BCUT2D eigenvalue weighted by Crippen LogP contribution is 2.30. The van der Waals surface area contributed by atoms with E-state index < -0.39 is 21.5 Å². The number of carbonyl (C=O) groups excluding carboxylic acids is 1. The van der Waals surface area contributed by atoms with E-state index in [1.54, 1.807) is 0 Å². The van der Waals surface area contributed by atoms with Crippen LogP contribution in [0.4, 0.5) is 4.79 Å². The quantitative estimate of drug-likeness (QED) is 0.745. The molecule has 5 nitrogen and oxygen atoms in total. The lowest BCUT2D eigenvalue weighted by molar-refractivity contribution is 0.0538. The molecule has 2 saturated heterocycles. The van der Waals surface area contributed by atoms with Crippen molar-refractivity contribution in [3.05, 3.63) is 0 Å². The molecule has 6 heteroatoms. The van der Waals surface area contributed by atoms with E-state index in [4.69, 9.17) is 4.74 Å². The van der Waals surface area contributed by atoms with Gasteiger partial charge in [0.25, 0.3) is 0 Å². The first-order valence-corrected chi connectivity index (χ1v) is 6.88. The zero-order valence-corrected chi connectivity index (χ0v) is 9.47. The summed E-state index contributed by atoms with van der Waals surface area (Å²) in [5, 5.41) is 2.59. The van der Waals surface area contributed by atoms with E-state index >= 15 is 0 Å². The van der Waals surface area contributed by atoms with Crippen LogP contribution in [0.25, 0.3) is 0 Å². The van der Waals surface area contributed by atoms with Gasteiger partial charge in [-0.1, -0.05) is 0 Å². The summed E-state index contributed by atoms with van der Waals surface area (Å²) in [4.78, 5) is 10.9. The Balaban J connectivity index is 1.96. The van der Waals surface area contributed by atoms with Gasteiger partial charge in [-0.05, 0) is 25.7 Å². The smallest absolute Gasteiger partial charge is 0.407 e. The van der Waals surface area contributed by atoms with Crippen LogP contribution in [0.15, 0.2) is 0 Å². The van der Waals surface area contributed by atoms with E-state index in [2.05, 4.69) is 5.32 Å². The lowest BCUT2D eigenvalue weighted by Gasteiger charge is -2.23. The summed E-state index contributed by atoms with van der Waals surface area (Å²) in [5.74, 6) is 0.641. The third-order valence-electron chi connectivity index (χ3n) is 2.99. The molecule has 2 unspecified atom stereocenters. The molecule has 2 rings (SSSR count). The lowest BCUT2D eigenvalue weighted by atomic mass is 9.92. The average molecular weight is 233 g/mol. The third kappa shape index (κ3) is 2.42. The van der Waals surface area contributed by atoms with Crippen LogP contribution in [-0.2, 0) is 14.6 Å². The van der Waals surface area contributed by atoms with Crippen LogP contribution in [0, 0.1) is 5.92 Å². The normalized spacial score (nSPS) is 38.7. The highest BCUT2D eigenvalue weighted by molar-refractivity contribution is 7.91. The fraction of sp³-hybridized carbons (Fsp3) is 0.889. The van der Waals surface area contributed by atoms with Crippen LogP contribution in [0.5, 0.6) is 0 Å². The summed E-state index contributed by atoms with van der Waals surface area (Å²) < 4.78 is 27.7. The topological polar surface area (TPSA) is 72.5 Å². The molecular formula is C9H15NO4S. The number of alkyl carbamates (subject to hydrolysis) is 1. The molecule has 0 aliphatic carbocycles. The number of hydrogen-bond donors (Lipinski definition) is 1. The van der Waals surface area contributed by atoms with E-state index in [1.165, 1.54) is 0 Å². The van der Waals surface area contributed by atoms with Gasteiger partial charge in [0.05, 0.1) is 18.1 Å². The number of amides is 1. The van der Waals surface area contributed by atoms with Crippen molar-refractivity contribution in [1.29, 1.82) is 0 Å². The standard InChI is InChI=1S/C9H15NO4S/c1-9(6-10-8(11)14-9)4-7-2-3-15(12,13)5-7/h7H,2-6H2,1H3,(H,10,11). The van der Waals surface area contributed by atoms with Gasteiger partial charge in [-0.15, -0.1) is 0 Å². The van der Waals surface area contributed by atoms with Crippen molar-refractivity contribution in [2.24, 2.45) is 5.92 Å². The predicted octanol–water partition coefficient (Wildman–Crippen LogP) is 0.310. The van der Waals surface area contributed by atoms with Crippen molar-refractivity contribution in [1.82, 2.24) is 5.32 Å². The van der Waals surface area contributed by atoms with Gasteiger partial charge in [-0.25, -0.2) is 13.2 Å². The van der Waals surface area contributed by atoms with Crippen molar-refractivity contribution in [2.45, 2.75) is 25.4 Å². The summed E-state index contributed by atoms with van der Waals surface area (Å²) in [6.07, 6.45) is 0.916. The summed E-state index contributed by atoms with van der Waals surface area (Å²) in [5.41, 5.74) is -0.526. The Morgan fingerprint density at radius 2 is 2.33 bits per heavy atom. The molecule has 2 aliphatic rings. The highest BCUT2D eigenvalue weighted by atomic mass is 32.2.